The van der Waals surface area contributed by atoms with Crippen LogP contribution >= 0.6 is 0 Å². The molecule has 0 amide bonds. The van der Waals surface area contributed by atoms with Crippen molar-refractivity contribution in [2.75, 3.05) is 6.54 Å². The van der Waals surface area contributed by atoms with E-state index in [0.717, 1.165) is 0 Å². The van der Waals surface area contributed by atoms with Crippen LogP contribution < -0.4 is 4.72 Å². The zero-order valence-corrected chi connectivity index (χ0v) is 9.56. The minimum atomic E-state index is -4.46. The highest BCUT2D eigenvalue weighted by atomic mass is 32.2. The van der Waals surface area contributed by atoms with Crippen LogP contribution in [0.3, 0.4) is 0 Å². The first-order valence-corrected chi connectivity index (χ1v) is 6.04. The van der Waals surface area contributed by atoms with Gasteiger partial charge in [-0.05, 0) is 6.92 Å². The summed E-state index contributed by atoms with van der Waals surface area (Å²) >= 11 is 0. The van der Waals surface area contributed by atoms with E-state index in [4.69, 9.17) is 5.11 Å². The molecule has 0 saturated heterocycles. The van der Waals surface area contributed by atoms with Crippen molar-refractivity contribution in [2.45, 2.75) is 17.9 Å². The molecule has 0 aliphatic rings. The number of hydrogen-bond donors (Lipinski definition) is 2. The molecule has 96 valence electrons. The summed E-state index contributed by atoms with van der Waals surface area (Å²) in [6, 6.07) is 0.528. The first kappa shape index (κ1) is 13.9. The second kappa shape index (κ2) is 5.03. The zero-order valence-electron chi connectivity index (χ0n) is 8.75. The fourth-order valence-corrected chi connectivity index (χ4v) is 2.32. The molecule has 2 N–H and O–H groups in total. The average Bonchev–Trinajstić information content (AvgIpc) is 2.12. The third kappa shape index (κ3) is 3.42. The molecule has 1 rings (SSSR count). The maximum absolute atomic E-state index is 13.2. The van der Waals surface area contributed by atoms with Crippen LogP contribution in [0.5, 0.6) is 0 Å². The summed E-state index contributed by atoms with van der Waals surface area (Å²) in [6.07, 6.45) is -1.02. The Kier molecular flexibility index (Phi) is 4.12. The summed E-state index contributed by atoms with van der Waals surface area (Å²) in [6.45, 7) is 0.887. The molecular weight excluding hydrogens is 259 g/mol. The number of benzene rings is 1. The van der Waals surface area contributed by atoms with Gasteiger partial charge < -0.3 is 5.11 Å². The van der Waals surface area contributed by atoms with Gasteiger partial charge >= 0.3 is 0 Å². The second-order valence-corrected chi connectivity index (χ2v) is 5.10. The summed E-state index contributed by atoms with van der Waals surface area (Å²) in [5, 5.41) is 8.87. The Balaban J connectivity index is 3.16. The maximum atomic E-state index is 13.2. The zero-order chi connectivity index (χ0) is 13.2. The summed E-state index contributed by atoms with van der Waals surface area (Å²) < 4.78 is 63.6. The van der Waals surface area contributed by atoms with Crippen molar-refractivity contribution in [3.05, 3.63) is 29.6 Å². The number of halogens is 3. The average molecular weight is 269 g/mol. The van der Waals surface area contributed by atoms with E-state index in [-0.39, 0.29) is 12.1 Å². The van der Waals surface area contributed by atoms with Crippen molar-refractivity contribution in [3.8, 4) is 0 Å². The molecule has 0 fully saturated rings. The molecule has 1 atom stereocenters. The van der Waals surface area contributed by atoms with Crippen LogP contribution in [0.4, 0.5) is 13.2 Å². The maximum Gasteiger partial charge on any atom is 0.246 e. The van der Waals surface area contributed by atoms with E-state index < -0.39 is 45.0 Å². The molecule has 1 aromatic rings. The van der Waals surface area contributed by atoms with E-state index in [1.165, 1.54) is 6.92 Å². The van der Waals surface area contributed by atoms with Gasteiger partial charge in [0.15, 0.2) is 4.90 Å². The van der Waals surface area contributed by atoms with Crippen molar-refractivity contribution < 1.29 is 26.7 Å². The Hall–Kier alpha value is -1.12. The molecule has 0 bridgehead atoms. The monoisotopic (exact) mass is 269 g/mol. The third-order valence-corrected chi connectivity index (χ3v) is 3.27. The van der Waals surface area contributed by atoms with E-state index in [1.807, 2.05) is 0 Å². The predicted octanol–water partition coefficient (Wildman–Crippen LogP) is 0.763. The molecule has 0 aliphatic carbocycles. The van der Waals surface area contributed by atoms with E-state index in [9.17, 15) is 21.6 Å². The summed E-state index contributed by atoms with van der Waals surface area (Å²) in [4.78, 5) is -1.26. The van der Waals surface area contributed by atoms with Gasteiger partial charge in [-0.15, -0.1) is 0 Å². The van der Waals surface area contributed by atoms with Crippen LogP contribution in [-0.2, 0) is 10.0 Å². The van der Waals surface area contributed by atoms with Crippen molar-refractivity contribution in [2.24, 2.45) is 0 Å². The topological polar surface area (TPSA) is 66.4 Å². The lowest BCUT2D eigenvalue weighted by atomic mass is 10.3. The smallest absolute Gasteiger partial charge is 0.246 e. The lowest BCUT2D eigenvalue weighted by Crippen LogP contribution is -2.31. The van der Waals surface area contributed by atoms with Gasteiger partial charge in [0.05, 0.1) is 6.10 Å². The Labute approximate surface area is 96.1 Å². The molecular formula is C9H10F3NO3S. The number of hydrogen-bond acceptors (Lipinski definition) is 3. The van der Waals surface area contributed by atoms with Crippen LogP contribution in [0.25, 0.3) is 0 Å². The molecule has 0 spiro atoms. The minimum absolute atomic E-state index is 0.264. The fourth-order valence-electron chi connectivity index (χ4n) is 1.09. The van der Waals surface area contributed by atoms with Crippen LogP contribution in [0.1, 0.15) is 6.92 Å². The first-order chi connectivity index (χ1) is 7.74. The highest BCUT2D eigenvalue weighted by Crippen LogP contribution is 2.19. The van der Waals surface area contributed by atoms with E-state index >= 15 is 0 Å². The largest absolute Gasteiger partial charge is 0.392 e. The molecule has 4 nitrogen and oxygen atoms in total. The van der Waals surface area contributed by atoms with Crippen LogP contribution in [0.15, 0.2) is 17.0 Å². The summed E-state index contributed by atoms with van der Waals surface area (Å²) in [7, 11) is -4.46. The third-order valence-electron chi connectivity index (χ3n) is 1.80. The van der Waals surface area contributed by atoms with Crippen molar-refractivity contribution in [3.63, 3.8) is 0 Å². The molecule has 8 heteroatoms. The van der Waals surface area contributed by atoms with Gasteiger partial charge in [0.25, 0.3) is 0 Å². The van der Waals surface area contributed by atoms with Gasteiger partial charge in [0, 0.05) is 18.7 Å². The number of aliphatic hydroxyl groups excluding tert-OH is 1. The summed E-state index contributed by atoms with van der Waals surface area (Å²) in [5.74, 6) is -4.27. The number of aliphatic hydroxyl groups is 1. The molecule has 0 saturated carbocycles. The molecule has 0 aliphatic heterocycles. The molecule has 0 heterocycles. The molecule has 0 aromatic heterocycles. The van der Waals surface area contributed by atoms with Gasteiger partial charge in [-0.1, -0.05) is 0 Å². The Morgan fingerprint density at radius 2 is 1.76 bits per heavy atom. The second-order valence-electron chi connectivity index (χ2n) is 3.40. The number of sulfonamides is 1. The van der Waals surface area contributed by atoms with E-state index in [2.05, 4.69) is 0 Å². The SMILES string of the molecule is C[C@H](O)CNS(=O)(=O)c1c(F)cc(F)cc1F. The van der Waals surface area contributed by atoms with Gasteiger partial charge in [0.1, 0.15) is 17.5 Å². The fraction of sp³-hybridized carbons (Fsp3) is 0.333. The number of nitrogens with one attached hydrogen (secondary N) is 1. The Morgan fingerprint density at radius 1 is 1.29 bits per heavy atom. The van der Waals surface area contributed by atoms with E-state index in [0.29, 0.717) is 0 Å². The van der Waals surface area contributed by atoms with Gasteiger partial charge in [-0.3, -0.25) is 0 Å². The van der Waals surface area contributed by atoms with Crippen molar-refractivity contribution in [1.29, 1.82) is 0 Å². The normalized spacial score (nSPS) is 13.7. The molecule has 0 radical (unpaired) electrons. The Morgan fingerprint density at radius 3 is 2.18 bits per heavy atom. The Bertz CT molecular complexity index is 493. The van der Waals surface area contributed by atoms with Crippen LogP contribution in [0, 0.1) is 17.5 Å². The summed E-state index contributed by atoms with van der Waals surface area (Å²) in [5.41, 5.74) is 0. The van der Waals surface area contributed by atoms with Crippen LogP contribution in [-0.4, -0.2) is 26.2 Å². The number of rotatable bonds is 4. The quantitative estimate of drug-likeness (QED) is 0.848. The molecule has 17 heavy (non-hydrogen) atoms. The van der Waals surface area contributed by atoms with Gasteiger partial charge in [-0.25, -0.2) is 26.3 Å². The van der Waals surface area contributed by atoms with Crippen molar-refractivity contribution >= 4 is 10.0 Å². The minimum Gasteiger partial charge on any atom is -0.392 e. The lowest BCUT2D eigenvalue weighted by molar-refractivity contribution is 0.198. The standard InChI is InChI=1S/C9H10F3NO3S/c1-5(14)4-13-17(15,16)9-7(11)2-6(10)3-8(9)12/h2-3,5,13-14H,4H2,1H3/t5-/m0/s1. The highest BCUT2D eigenvalue weighted by Gasteiger charge is 2.25. The lowest BCUT2D eigenvalue weighted by Gasteiger charge is -2.09. The highest BCUT2D eigenvalue weighted by molar-refractivity contribution is 7.89. The van der Waals surface area contributed by atoms with Gasteiger partial charge in [-0.2, -0.15) is 0 Å². The first-order valence-electron chi connectivity index (χ1n) is 4.56. The predicted molar refractivity (Wildman–Crippen MR) is 53.2 cm³/mol. The molecule has 1 aromatic carbocycles. The van der Waals surface area contributed by atoms with Gasteiger partial charge in [0.2, 0.25) is 10.0 Å². The van der Waals surface area contributed by atoms with E-state index in [1.54, 1.807) is 4.72 Å². The van der Waals surface area contributed by atoms with Crippen molar-refractivity contribution in [1.82, 2.24) is 4.72 Å². The molecule has 0 unspecified atom stereocenters. The van der Waals surface area contributed by atoms with Crippen LogP contribution in [0.2, 0.25) is 0 Å².